The highest BCUT2D eigenvalue weighted by Crippen LogP contribution is 2.19. The Kier molecular flexibility index (Phi) is 5.59. The zero-order valence-electron chi connectivity index (χ0n) is 12.6. The summed E-state index contributed by atoms with van der Waals surface area (Å²) in [6.07, 6.45) is 8.02. The molecule has 5 nitrogen and oxygen atoms in total. The maximum atomic E-state index is 12.2. The second-order valence-electron chi connectivity index (χ2n) is 5.84. The molecule has 1 aromatic rings. The van der Waals surface area contributed by atoms with Crippen molar-refractivity contribution in [3.05, 3.63) is 18.0 Å². The first-order valence-corrected chi connectivity index (χ1v) is 7.67. The van der Waals surface area contributed by atoms with Crippen LogP contribution in [0.1, 0.15) is 43.0 Å². The number of nitrogens with one attached hydrogen (secondary N) is 1. The molecule has 2 heterocycles. The van der Waals surface area contributed by atoms with E-state index in [4.69, 9.17) is 0 Å². The molecule has 0 atom stereocenters. The molecular formula is C15H26N4O. The monoisotopic (exact) mass is 278 g/mol. The van der Waals surface area contributed by atoms with Gasteiger partial charge < -0.3 is 9.80 Å². The van der Waals surface area contributed by atoms with Gasteiger partial charge >= 0.3 is 0 Å². The maximum absolute atomic E-state index is 12.2. The second-order valence-corrected chi connectivity index (χ2v) is 5.84. The molecule has 1 aromatic heterocycles. The molecule has 112 valence electrons. The van der Waals surface area contributed by atoms with Gasteiger partial charge in [0.2, 0.25) is 0 Å². The largest absolute Gasteiger partial charge is 0.339 e. The fraction of sp³-hybridized carbons (Fsp3) is 0.733. The molecule has 0 spiro atoms. The summed E-state index contributed by atoms with van der Waals surface area (Å²) in [5, 5.41) is 6.54. The Labute approximate surface area is 121 Å². The third-order valence-electron chi connectivity index (χ3n) is 4.11. The molecular weight excluding hydrogens is 252 g/mol. The number of aromatic nitrogens is 2. The van der Waals surface area contributed by atoms with Gasteiger partial charge in [0.05, 0.1) is 11.8 Å². The van der Waals surface area contributed by atoms with Crippen LogP contribution in [-0.4, -0.2) is 59.1 Å². The summed E-state index contributed by atoms with van der Waals surface area (Å²) in [5.74, 6) is 0.835. The van der Waals surface area contributed by atoms with Crippen molar-refractivity contribution in [3.8, 4) is 0 Å². The number of amides is 1. The first kappa shape index (κ1) is 15.0. The molecule has 0 saturated carbocycles. The Morgan fingerprint density at radius 3 is 2.85 bits per heavy atom. The van der Waals surface area contributed by atoms with Gasteiger partial charge in [0, 0.05) is 25.8 Å². The van der Waals surface area contributed by atoms with Crippen molar-refractivity contribution in [2.75, 3.05) is 33.2 Å². The van der Waals surface area contributed by atoms with E-state index in [-0.39, 0.29) is 5.91 Å². The number of H-pyrrole nitrogens is 1. The highest BCUT2D eigenvalue weighted by atomic mass is 16.2. The minimum atomic E-state index is 0.108. The lowest BCUT2D eigenvalue weighted by Gasteiger charge is -2.33. The van der Waals surface area contributed by atoms with Crippen LogP contribution in [0.5, 0.6) is 0 Å². The van der Waals surface area contributed by atoms with Crippen molar-refractivity contribution in [1.29, 1.82) is 0 Å². The molecule has 0 bridgehead atoms. The summed E-state index contributed by atoms with van der Waals surface area (Å²) in [5.41, 5.74) is 0.670. The number of aromatic amines is 1. The van der Waals surface area contributed by atoms with Gasteiger partial charge in [0.1, 0.15) is 0 Å². The van der Waals surface area contributed by atoms with Crippen LogP contribution >= 0.6 is 0 Å². The Bertz CT molecular complexity index is 396. The predicted molar refractivity (Wildman–Crippen MR) is 79.6 cm³/mol. The standard InChI is InChI=1S/C15H26N4O/c1-3-4-7-18(2)12-13-5-8-19(9-6-13)15(20)14-10-16-17-11-14/h10-11,13H,3-9,12H2,1-2H3,(H,16,17). The minimum Gasteiger partial charge on any atom is -0.339 e. The number of carbonyl (C=O) groups is 1. The molecule has 1 aliphatic heterocycles. The Balaban J connectivity index is 1.73. The molecule has 0 radical (unpaired) electrons. The number of unbranched alkanes of at least 4 members (excludes halogenated alkanes) is 1. The maximum Gasteiger partial charge on any atom is 0.257 e. The fourth-order valence-electron chi connectivity index (χ4n) is 2.83. The zero-order chi connectivity index (χ0) is 14.4. The summed E-state index contributed by atoms with van der Waals surface area (Å²) < 4.78 is 0. The Hall–Kier alpha value is -1.36. The highest BCUT2D eigenvalue weighted by Gasteiger charge is 2.24. The van der Waals surface area contributed by atoms with E-state index >= 15 is 0 Å². The number of hydrogen-bond donors (Lipinski definition) is 1. The Morgan fingerprint density at radius 2 is 2.25 bits per heavy atom. The fourth-order valence-corrected chi connectivity index (χ4v) is 2.83. The molecule has 0 aromatic carbocycles. The molecule has 20 heavy (non-hydrogen) atoms. The van der Waals surface area contributed by atoms with Gasteiger partial charge in [0.15, 0.2) is 0 Å². The SMILES string of the molecule is CCCCN(C)CC1CCN(C(=O)c2cn[nH]c2)CC1. The lowest BCUT2D eigenvalue weighted by Crippen LogP contribution is -2.41. The second kappa shape index (κ2) is 7.43. The van der Waals surface area contributed by atoms with Gasteiger partial charge in [-0.3, -0.25) is 9.89 Å². The van der Waals surface area contributed by atoms with Gasteiger partial charge in [-0.2, -0.15) is 5.10 Å². The van der Waals surface area contributed by atoms with Gasteiger partial charge in [-0.05, 0) is 38.8 Å². The van der Waals surface area contributed by atoms with E-state index < -0.39 is 0 Å². The zero-order valence-corrected chi connectivity index (χ0v) is 12.6. The minimum absolute atomic E-state index is 0.108. The van der Waals surface area contributed by atoms with Gasteiger partial charge in [-0.1, -0.05) is 13.3 Å². The molecule has 0 unspecified atom stereocenters. The molecule has 1 amide bonds. The predicted octanol–water partition coefficient (Wildman–Crippen LogP) is 1.99. The van der Waals surface area contributed by atoms with Crippen LogP contribution in [0.25, 0.3) is 0 Å². The third-order valence-corrected chi connectivity index (χ3v) is 4.11. The van der Waals surface area contributed by atoms with Crippen LogP contribution < -0.4 is 0 Å². The van der Waals surface area contributed by atoms with Crippen molar-refractivity contribution in [3.63, 3.8) is 0 Å². The summed E-state index contributed by atoms with van der Waals surface area (Å²) >= 11 is 0. The number of nitrogens with zero attached hydrogens (tertiary/aromatic N) is 3. The van der Waals surface area contributed by atoms with Crippen LogP contribution in [0.3, 0.4) is 0 Å². The van der Waals surface area contributed by atoms with E-state index in [1.807, 2.05) is 4.90 Å². The van der Waals surface area contributed by atoms with Crippen LogP contribution in [0.4, 0.5) is 0 Å². The third kappa shape index (κ3) is 4.07. The van der Waals surface area contributed by atoms with E-state index in [0.29, 0.717) is 5.56 Å². The molecule has 1 fully saturated rings. The summed E-state index contributed by atoms with van der Waals surface area (Å²) in [4.78, 5) is 16.6. The number of carbonyl (C=O) groups excluding carboxylic acids is 1. The summed E-state index contributed by atoms with van der Waals surface area (Å²) in [6.45, 7) is 6.32. The van der Waals surface area contributed by atoms with Gasteiger partial charge in [0.25, 0.3) is 5.91 Å². The topological polar surface area (TPSA) is 52.2 Å². The summed E-state index contributed by atoms with van der Waals surface area (Å²) in [6, 6.07) is 0. The van der Waals surface area contributed by atoms with Crippen molar-refractivity contribution in [2.24, 2.45) is 5.92 Å². The first-order chi connectivity index (χ1) is 9.70. The molecule has 1 N–H and O–H groups in total. The van der Waals surface area contributed by atoms with Crippen LogP contribution in [0.2, 0.25) is 0 Å². The molecule has 2 rings (SSSR count). The number of piperidine rings is 1. The van der Waals surface area contributed by atoms with E-state index in [2.05, 4.69) is 29.1 Å². The van der Waals surface area contributed by atoms with E-state index in [9.17, 15) is 4.79 Å². The lowest BCUT2D eigenvalue weighted by molar-refractivity contribution is 0.0673. The van der Waals surface area contributed by atoms with Crippen molar-refractivity contribution in [2.45, 2.75) is 32.6 Å². The van der Waals surface area contributed by atoms with E-state index in [1.165, 1.54) is 19.4 Å². The normalized spacial score (nSPS) is 16.9. The lowest BCUT2D eigenvalue weighted by atomic mass is 9.96. The van der Waals surface area contributed by atoms with Crippen molar-refractivity contribution >= 4 is 5.91 Å². The molecule has 0 aliphatic carbocycles. The van der Waals surface area contributed by atoms with Gasteiger partial charge in [-0.15, -0.1) is 0 Å². The van der Waals surface area contributed by atoms with Crippen LogP contribution in [0, 0.1) is 5.92 Å². The smallest absolute Gasteiger partial charge is 0.257 e. The summed E-state index contributed by atoms with van der Waals surface area (Å²) in [7, 11) is 2.21. The number of rotatable bonds is 6. The molecule has 5 heteroatoms. The first-order valence-electron chi connectivity index (χ1n) is 7.67. The quantitative estimate of drug-likeness (QED) is 0.866. The van der Waals surface area contributed by atoms with E-state index in [1.54, 1.807) is 12.4 Å². The number of hydrogen-bond acceptors (Lipinski definition) is 3. The van der Waals surface area contributed by atoms with Crippen LogP contribution in [0.15, 0.2) is 12.4 Å². The van der Waals surface area contributed by atoms with E-state index in [0.717, 1.165) is 38.4 Å². The van der Waals surface area contributed by atoms with Gasteiger partial charge in [-0.25, -0.2) is 0 Å². The van der Waals surface area contributed by atoms with Crippen molar-refractivity contribution < 1.29 is 4.79 Å². The number of likely N-dealkylation sites (tertiary alicyclic amines) is 1. The molecule has 1 aliphatic rings. The van der Waals surface area contributed by atoms with Crippen LogP contribution in [-0.2, 0) is 0 Å². The average molecular weight is 278 g/mol. The highest BCUT2D eigenvalue weighted by molar-refractivity contribution is 5.93. The van der Waals surface area contributed by atoms with Crippen molar-refractivity contribution in [1.82, 2.24) is 20.0 Å². The average Bonchev–Trinajstić information content (AvgIpc) is 2.99. The Morgan fingerprint density at radius 1 is 1.50 bits per heavy atom. The molecule has 1 saturated heterocycles.